The second-order valence-electron chi connectivity index (χ2n) is 15.6. The van der Waals surface area contributed by atoms with Gasteiger partial charge in [-0.25, -0.2) is 0 Å². The number of phenols is 1. The number of rotatable bonds is 16. The van der Waals surface area contributed by atoms with Crippen LogP contribution in [0.1, 0.15) is 87.1 Å². The Labute approximate surface area is 307 Å². The van der Waals surface area contributed by atoms with Crippen molar-refractivity contribution in [3.63, 3.8) is 0 Å². The van der Waals surface area contributed by atoms with E-state index in [4.69, 9.17) is 14.2 Å². The fraction of sp³-hybridized carbons (Fsp3) is 0.548. The van der Waals surface area contributed by atoms with E-state index < -0.39 is 11.7 Å². The van der Waals surface area contributed by atoms with Crippen LogP contribution in [0, 0.1) is 11.8 Å². The summed E-state index contributed by atoms with van der Waals surface area (Å²) >= 11 is 0. The number of nitrogens with zero attached hydrogens (tertiary/aromatic N) is 1. The van der Waals surface area contributed by atoms with Gasteiger partial charge in [0.15, 0.2) is 6.61 Å². The van der Waals surface area contributed by atoms with Crippen molar-refractivity contribution >= 4 is 11.6 Å². The molecule has 52 heavy (non-hydrogen) atoms. The Morgan fingerprint density at radius 3 is 2.52 bits per heavy atom. The Hall–Kier alpha value is -3.67. The number of quaternary nitrogens is 1. The monoisotopic (exact) mass is 714 g/mol. The highest BCUT2D eigenvalue weighted by atomic mass is 16.5. The number of ether oxygens (including phenoxy) is 3. The Bertz CT molecular complexity index is 1640. The van der Waals surface area contributed by atoms with Crippen molar-refractivity contribution in [2.75, 3.05) is 57.9 Å². The number of carbonyl (C=O) groups is 1. The lowest BCUT2D eigenvalue weighted by Crippen LogP contribution is -2.65. The number of amides is 1. The number of hydrogen-bond donors (Lipinski definition) is 5. The number of phenolic OH excluding ortho intramolecular Hbond substituents is 1. The van der Waals surface area contributed by atoms with Gasteiger partial charge in [0.05, 0.1) is 44.6 Å². The van der Waals surface area contributed by atoms with E-state index in [1.165, 1.54) is 50.9 Å². The number of anilines is 1. The average Bonchev–Trinajstić information content (AvgIpc) is 3.73. The van der Waals surface area contributed by atoms with Crippen LogP contribution in [-0.4, -0.2) is 84.4 Å². The van der Waals surface area contributed by atoms with Gasteiger partial charge < -0.3 is 44.6 Å². The molecule has 4 fully saturated rings. The van der Waals surface area contributed by atoms with Crippen LogP contribution in [0.2, 0.25) is 0 Å². The number of hydrogen-bond acceptors (Lipinski definition) is 8. The van der Waals surface area contributed by atoms with Crippen molar-refractivity contribution in [3.05, 3.63) is 83.4 Å². The van der Waals surface area contributed by atoms with Gasteiger partial charge in [0.1, 0.15) is 35.5 Å². The Kier molecular flexibility index (Phi) is 11.4. The van der Waals surface area contributed by atoms with Gasteiger partial charge in [0.2, 0.25) is 0 Å². The molecule has 0 aromatic heterocycles. The van der Waals surface area contributed by atoms with Gasteiger partial charge in [0, 0.05) is 49.4 Å². The summed E-state index contributed by atoms with van der Waals surface area (Å²) in [5.41, 5.74) is 1.96. The minimum atomic E-state index is -0.944. The van der Waals surface area contributed by atoms with Crippen molar-refractivity contribution in [2.24, 2.45) is 11.8 Å². The van der Waals surface area contributed by atoms with Gasteiger partial charge in [-0.2, -0.15) is 0 Å². The molecular formula is C42H56N3O7+. The molecule has 5 N–H and O–H groups in total. The van der Waals surface area contributed by atoms with Crippen molar-refractivity contribution < 1.29 is 38.8 Å². The molecule has 8 rings (SSSR count). The van der Waals surface area contributed by atoms with Gasteiger partial charge in [0.25, 0.3) is 5.91 Å². The summed E-state index contributed by atoms with van der Waals surface area (Å²) in [6.45, 7) is 7.72. The summed E-state index contributed by atoms with van der Waals surface area (Å²) in [6, 6.07) is 21.3. The fourth-order valence-corrected chi connectivity index (χ4v) is 9.23. The number of aliphatic hydroxyl groups is 2. The molecule has 10 heteroatoms. The lowest BCUT2D eigenvalue weighted by atomic mass is 9.80. The zero-order valence-corrected chi connectivity index (χ0v) is 30.5. The molecule has 0 spiro atoms. The molecule has 4 atom stereocenters. The van der Waals surface area contributed by atoms with Crippen molar-refractivity contribution in [2.45, 2.75) is 82.1 Å². The molecule has 2 unspecified atom stereocenters. The highest BCUT2D eigenvalue weighted by Gasteiger charge is 2.48. The van der Waals surface area contributed by atoms with E-state index in [0.29, 0.717) is 36.1 Å². The minimum Gasteiger partial charge on any atom is -0.508 e. The molecule has 3 aromatic carbocycles. The maximum atomic E-state index is 12.1. The van der Waals surface area contributed by atoms with E-state index in [9.17, 15) is 20.1 Å². The molecular weight excluding hydrogens is 658 g/mol. The second-order valence-corrected chi connectivity index (χ2v) is 15.6. The minimum absolute atomic E-state index is 0.00676. The standard InChI is InChI=1S/C42H55N3O7/c1-2-36(43-25-38(47)35-23-33(46)24-37-41(35)51-27-40(48)44-37)29-13-15-34(16-14-29)50-22-8-19-45-20-17-30(18-21-45)39(26-45)52-28-42(49,32-11-6-7-12-32)31-9-4-3-5-10-31/h3-5,9-10,13-16,23-24,30,32,36,38-39,43,47,49H,2,6-8,11-12,17-22,25-28H2,1H3,(H-,44,46,48)/p+1/t30?,36?,38-,39-,42?,45?/m0/s1. The van der Waals surface area contributed by atoms with E-state index in [0.717, 1.165) is 60.1 Å². The zero-order valence-electron chi connectivity index (χ0n) is 30.5. The largest absolute Gasteiger partial charge is 0.508 e. The van der Waals surface area contributed by atoms with E-state index in [1.54, 1.807) is 0 Å². The lowest BCUT2D eigenvalue weighted by Gasteiger charge is -2.53. The van der Waals surface area contributed by atoms with Crippen LogP contribution >= 0.6 is 0 Å². The van der Waals surface area contributed by atoms with Crippen LogP contribution in [-0.2, 0) is 15.1 Å². The molecule has 1 saturated carbocycles. The van der Waals surface area contributed by atoms with Crippen LogP contribution in [0.25, 0.3) is 0 Å². The first-order valence-electron chi connectivity index (χ1n) is 19.4. The molecule has 5 aliphatic rings. The SMILES string of the molecule is CCC(NC[C@H](O)c1cc(O)cc2c1OCC(=O)N2)c1ccc(OCCC[N+]23CCC(CC2)[C@@H](OCC(O)(c2ccccc2)C2CCCC2)C3)cc1. The van der Waals surface area contributed by atoms with Crippen molar-refractivity contribution in [3.8, 4) is 17.2 Å². The number of fused-ring (bicyclic) bond motifs is 4. The summed E-state index contributed by atoms with van der Waals surface area (Å²) in [6.07, 6.45) is 7.90. The third-order valence-corrected chi connectivity index (χ3v) is 12.2. The van der Waals surface area contributed by atoms with Crippen molar-refractivity contribution in [1.29, 1.82) is 0 Å². The smallest absolute Gasteiger partial charge is 0.262 e. The Balaban J connectivity index is 0.881. The Morgan fingerprint density at radius 1 is 1.04 bits per heavy atom. The average molecular weight is 715 g/mol. The van der Waals surface area contributed by atoms with Gasteiger partial charge in [-0.05, 0) is 54.5 Å². The number of piperidine rings is 3. The van der Waals surface area contributed by atoms with E-state index in [-0.39, 0.29) is 42.9 Å². The summed E-state index contributed by atoms with van der Waals surface area (Å²) < 4.78 is 19.6. The maximum Gasteiger partial charge on any atom is 0.262 e. The van der Waals surface area contributed by atoms with Gasteiger partial charge in [-0.3, -0.25) is 4.79 Å². The molecule has 10 nitrogen and oxygen atoms in total. The third-order valence-electron chi connectivity index (χ3n) is 12.2. The molecule has 3 saturated heterocycles. The normalized spacial score (nSPS) is 25.1. The van der Waals surface area contributed by atoms with E-state index in [1.807, 2.05) is 30.3 Å². The van der Waals surface area contributed by atoms with E-state index >= 15 is 0 Å². The topological polar surface area (TPSA) is 130 Å². The quantitative estimate of drug-likeness (QED) is 0.0908. The number of aromatic hydroxyl groups is 1. The number of carbonyl (C=O) groups excluding carboxylic acids is 1. The molecule has 1 aliphatic carbocycles. The highest BCUT2D eigenvalue weighted by molar-refractivity contribution is 5.96. The summed E-state index contributed by atoms with van der Waals surface area (Å²) in [5, 5.41) is 39.3. The second kappa shape index (κ2) is 16.1. The molecule has 1 amide bonds. The first-order chi connectivity index (χ1) is 25.2. The Morgan fingerprint density at radius 2 is 1.79 bits per heavy atom. The van der Waals surface area contributed by atoms with Gasteiger partial charge in [-0.15, -0.1) is 0 Å². The molecule has 3 aromatic rings. The van der Waals surface area contributed by atoms with Crippen LogP contribution in [0.15, 0.2) is 66.7 Å². The highest BCUT2D eigenvalue weighted by Crippen LogP contribution is 2.43. The first kappa shape index (κ1) is 36.7. The van der Waals surface area contributed by atoms with Crippen molar-refractivity contribution in [1.82, 2.24) is 5.32 Å². The molecule has 0 radical (unpaired) electrons. The van der Waals surface area contributed by atoms with Gasteiger partial charge >= 0.3 is 0 Å². The predicted octanol–water partition coefficient (Wildman–Crippen LogP) is 5.97. The molecule has 4 heterocycles. The predicted molar refractivity (Wildman–Crippen MR) is 199 cm³/mol. The fourth-order valence-electron chi connectivity index (χ4n) is 9.23. The third kappa shape index (κ3) is 8.11. The molecule has 2 bridgehead atoms. The van der Waals surface area contributed by atoms with Gasteiger partial charge in [-0.1, -0.05) is 62.2 Å². The lowest BCUT2D eigenvalue weighted by molar-refractivity contribution is -0.946. The zero-order chi connectivity index (χ0) is 36.1. The maximum absolute atomic E-state index is 12.1. The van der Waals surface area contributed by atoms with Crippen LogP contribution in [0.5, 0.6) is 17.2 Å². The molecule has 4 aliphatic heterocycles. The van der Waals surface area contributed by atoms with E-state index in [2.05, 4.69) is 41.8 Å². The van der Waals surface area contributed by atoms with Crippen LogP contribution in [0.4, 0.5) is 5.69 Å². The first-order valence-corrected chi connectivity index (χ1v) is 19.4. The number of nitrogens with one attached hydrogen (secondary N) is 2. The summed E-state index contributed by atoms with van der Waals surface area (Å²) in [4.78, 5) is 11.7. The summed E-state index contributed by atoms with van der Waals surface area (Å²) in [5.74, 6) is 1.72. The van der Waals surface area contributed by atoms with Crippen LogP contribution in [0.3, 0.4) is 0 Å². The van der Waals surface area contributed by atoms with Crippen LogP contribution < -0.4 is 20.1 Å². The summed E-state index contributed by atoms with van der Waals surface area (Å²) in [7, 11) is 0. The number of benzene rings is 3. The number of aliphatic hydroxyl groups excluding tert-OH is 1. The molecule has 280 valence electrons.